The molecule has 2 aromatic carbocycles. The number of rotatable bonds is 10. The summed E-state index contributed by atoms with van der Waals surface area (Å²) in [6.07, 6.45) is 4.27. The highest BCUT2D eigenvalue weighted by atomic mass is 16.5. The standard InChI is InChI=1S/C28H35N3O5/c1-2-34-23-11-13-25(14-12-23)36-26(32)16-21-15-22(31-28(21)33)17-35-24-9-7-19(8-10-24)18-3-5-20(6-4-18)27(29)30/h3-10,21-23,25H,2,11-17H2,1H3,(H3,29,30)(H,31,33)/t21-,22-,23?,25?/m0/s1. The number of ether oxygens (including phenoxy) is 3. The number of carbonyl (C=O) groups excluding carboxylic acids is 2. The van der Waals surface area contributed by atoms with Gasteiger partial charge in [0.25, 0.3) is 0 Å². The van der Waals surface area contributed by atoms with Gasteiger partial charge in [0.15, 0.2) is 0 Å². The van der Waals surface area contributed by atoms with E-state index in [1.807, 2.05) is 55.5 Å². The summed E-state index contributed by atoms with van der Waals surface area (Å²) in [4.78, 5) is 24.8. The number of amidine groups is 1. The summed E-state index contributed by atoms with van der Waals surface area (Å²) in [7, 11) is 0. The molecule has 8 heteroatoms. The minimum absolute atomic E-state index is 0.0451. The Labute approximate surface area is 212 Å². The van der Waals surface area contributed by atoms with E-state index >= 15 is 0 Å². The van der Waals surface area contributed by atoms with Crippen LogP contribution in [0, 0.1) is 11.3 Å². The molecule has 2 atom stereocenters. The number of carbonyl (C=O) groups is 2. The number of benzene rings is 2. The predicted molar refractivity (Wildman–Crippen MR) is 137 cm³/mol. The molecule has 1 amide bonds. The second-order valence-corrected chi connectivity index (χ2v) is 9.51. The molecule has 1 saturated carbocycles. The summed E-state index contributed by atoms with van der Waals surface area (Å²) >= 11 is 0. The zero-order valence-electron chi connectivity index (χ0n) is 20.7. The summed E-state index contributed by atoms with van der Waals surface area (Å²) < 4.78 is 17.2. The van der Waals surface area contributed by atoms with Gasteiger partial charge >= 0.3 is 5.97 Å². The van der Waals surface area contributed by atoms with E-state index in [-0.39, 0.29) is 48.3 Å². The maximum absolute atomic E-state index is 12.4. The van der Waals surface area contributed by atoms with E-state index in [9.17, 15) is 9.59 Å². The lowest BCUT2D eigenvalue weighted by molar-refractivity contribution is -0.154. The first-order valence-corrected chi connectivity index (χ1v) is 12.7. The topological polar surface area (TPSA) is 124 Å². The first-order chi connectivity index (χ1) is 17.4. The highest BCUT2D eigenvalue weighted by Crippen LogP contribution is 2.27. The van der Waals surface area contributed by atoms with Gasteiger partial charge in [0, 0.05) is 12.2 Å². The van der Waals surface area contributed by atoms with Crippen LogP contribution in [-0.4, -0.2) is 49.2 Å². The molecule has 4 rings (SSSR count). The molecule has 2 fully saturated rings. The molecule has 1 aliphatic carbocycles. The third-order valence-electron chi connectivity index (χ3n) is 6.86. The summed E-state index contributed by atoms with van der Waals surface area (Å²) in [5.41, 5.74) is 8.25. The predicted octanol–water partition coefficient (Wildman–Crippen LogP) is 3.80. The molecule has 2 aliphatic rings. The van der Waals surface area contributed by atoms with Crippen molar-refractivity contribution in [2.24, 2.45) is 11.7 Å². The molecular weight excluding hydrogens is 458 g/mol. The minimum Gasteiger partial charge on any atom is -0.491 e. The molecule has 2 aromatic rings. The fourth-order valence-corrected chi connectivity index (χ4v) is 4.88. The lowest BCUT2D eigenvalue weighted by Gasteiger charge is -2.28. The van der Waals surface area contributed by atoms with Crippen LogP contribution >= 0.6 is 0 Å². The molecule has 0 unspecified atom stereocenters. The average Bonchev–Trinajstić information content (AvgIpc) is 3.23. The van der Waals surface area contributed by atoms with Crippen LogP contribution in [-0.2, 0) is 19.1 Å². The van der Waals surface area contributed by atoms with Crippen LogP contribution in [0.4, 0.5) is 0 Å². The van der Waals surface area contributed by atoms with Gasteiger partial charge < -0.3 is 25.3 Å². The van der Waals surface area contributed by atoms with E-state index in [0.717, 1.165) is 36.8 Å². The Morgan fingerprint density at radius 2 is 1.61 bits per heavy atom. The summed E-state index contributed by atoms with van der Waals surface area (Å²) in [5, 5.41) is 10.4. The first kappa shape index (κ1) is 25.7. The molecule has 0 spiro atoms. The van der Waals surface area contributed by atoms with Crippen molar-refractivity contribution in [3.63, 3.8) is 0 Å². The molecule has 4 N–H and O–H groups in total. The maximum atomic E-state index is 12.4. The van der Waals surface area contributed by atoms with Gasteiger partial charge in [0.05, 0.1) is 24.5 Å². The van der Waals surface area contributed by atoms with E-state index in [1.165, 1.54) is 0 Å². The smallest absolute Gasteiger partial charge is 0.306 e. The molecule has 0 radical (unpaired) electrons. The monoisotopic (exact) mass is 493 g/mol. The van der Waals surface area contributed by atoms with Gasteiger partial charge in [-0.2, -0.15) is 0 Å². The largest absolute Gasteiger partial charge is 0.491 e. The van der Waals surface area contributed by atoms with Crippen molar-refractivity contribution < 1.29 is 23.8 Å². The Hall–Kier alpha value is -3.39. The lowest BCUT2D eigenvalue weighted by Crippen LogP contribution is -2.31. The highest BCUT2D eigenvalue weighted by molar-refractivity contribution is 5.95. The molecule has 0 aromatic heterocycles. The van der Waals surface area contributed by atoms with E-state index in [1.54, 1.807) is 0 Å². The second-order valence-electron chi connectivity index (χ2n) is 9.51. The molecule has 1 heterocycles. The molecular formula is C28H35N3O5. The molecule has 0 bridgehead atoms. The van der Waals surface area contributed by atoms with Crippen molar-refractivity contribution in [2.75, 3.05) is 13.2 Å². The van der Waals surface area contributed by atoms with Crippen molar-refractivity contribution in [2.45, 2.75) is 63.7 Å². The van der Waals surface area contributed by atoms with Crippen molar-refractivity contribution in [1.82, 2.24) is 5.32 Å². The number of nitrogens with two attached hydrogens (primary N) is 1. The Kier molecular flexibility index (Phi) is 8.59. The Morgan fingerprint density at radius 3 is 2.22 bits per heavy atom. The fourth-order valence-electron chi connectivity index (χ4n) is 4.88. The molecule has 192 valence electrons. The lowest BCUT2D eigenvalue weighted by atomic mass is 9.94. The van der Waals surface area contributed by atoms with Crippen LogP contribution < -0.4 is 15.8 Å². The van der Waals surface area contributed by atoms with Crippen LogP contribution in [0.25, 0.3) is 11.1 Å². The third-order valence-corrected chi connectivity index (χ3v) is 6.86. The van der Waals surface area contributed by atoms with E-state index in [4.69, 9.17) is 25.4 Å². The second kappa shape index (κ2) is 12.0. The normalized spacial score (nSPS) is 23.6. The maximum Gasteiger partial charge on any atom is 0.306 e. The van der Waals surface area contributed by atoms with Crippen LogP contribution in [0.2, 0.25) is 0 Å². The van der Waals surface area contributed by atoms with Crippen LogP contribution in [0.3, 0.4) is 0 Å². The number of amides is 1. The summed E-state index contributed by atoms with van der Waals surface area (Å²) in [6.45, 7) is 3.04. The Balaban J connectivity index is 1.20. The number of hydrogen-bond donors (Lipinski definition) is 3. The third kappa shape index (κ3) is 6.85. The SMILES string of the molecule is CCOC1CCC(OC(=O)C[C@@H]2C[C@@H](COc3ccc(-c4ccc(C(=N)N)cc4)cc3)NC2=O)CC1. The van der Waals surface area contributed by atoms with E-state index < -0.39 is 0 Å². The molecule has 1 saturated heterocycles. The van der Waals surface area contributed by atoms with Crippen molar-refractivity contribution in [3.8, 4) is 16.9 Å². The van der Waals surface area contributed by atoms with Gasteiger partial charge in [0.1, 0.15) is 24.3 Å². The Bertz CT molecular complexity index is 1050. The zero-order valence-corrected chi connectivity index (χ0v) is 20.7. The van der Waals surface area contributed by atoms with Crippen molar-refractivity contribution in [3.05, 3.63) is 54.1 Å². The van der Waals surface area contributed by atoms with Gasteiger partial charge in [-0.3, -0.25) is 15.0 Å². The first-order valence-electron chi connectivity index (χ1n) is 12.7. The van der Waals surface area contributed by atoms with Gasteiger partial charge in [-0.05, 0) is 62.3 Å². The molecule has 8 nitrogen and oxygen atoms in total. The Morgan fingerprint density at radius 1 is 1.00 bits per heavy atom. The van der Waals surface area contributed by atoms with Crippen molar-refractivity contribution in [1.29, 1.82) is 5.41 Å². The average molecular weight is 494 g/mol. The molecule has 1 aliphatic heterocycles. The summed E-state index contributed by atoms with van der Waals surface area (Å²) in [5.74, 6) is -0.0535. The van der Waals surface area contributed by atoms with Crippen LogP contribution in [0.1, 0.15) is 51.0 Å². The van der Waals surface area contributed by atoms with E-state index in [0.29, 0.717) is 30.9 Å². The van der Waals surface area contributed by atoms with Gasteiger partial charge in [-0.25, -0.2) is 0 Å². The zero-order chi connectivity index (χ0) is 25.5. The van der Waals surface area contributed by atoms with Gasteiger partial charge in [-0.15, -0.1) is 0 Å². The summed E-state index contributed by atoms with van der Waals surface area (Å²) in [6, 6.07) is 15.1. The van der Waals surface area contributed by atoms with Crippen molar-refractivity contribution >= 4 is 17.7 Å². The highest BCUT2D eigenvalue weighted by Gasteiger charge is 2.35. The van der Waals surface area contributed by atoms with Gasteiger partial charge in [-0.1, -0.05) is 36.4 Å². The van der Waals surface area contributed by atoms with E-state index in [2.05, 4.69) is 5.32 Å². The van der Waals surface area contributed by atoms with Crippen LogP contribution in [0.5, 0.6) is 5.75 Å². The number of nitrogen functional groups attached to an aromatic ring is 1. The van der Waals surface area contributed by atoms with Crippen LogP contribution in [0.15, 0.2) is 48.5 Å². The fraction of sp³-hybridized carbons (Fsp3) is 0.464. The number of hydrogen-bond acceptors (Lipinski definition) is 6. The quantitative estimate of drug-likeness (QED) is 0.263. The minimum atomic E-state index is -0.383. The molecule has 36 heavy (non-hydrogen) atoms. The number of nitrogens with one attached hydrogen (secondary N) is 2. The number of esters is 1. The van der Waals surface area contributed by atoms with Gasteiger partial charge in [0.2, 0.25) is 5.91 Å².